The maximum Gasteiger partial charge on any atom is 0.419 e. The van der Waals surface area contributed by atoms with Gasteiger partial charge in [-0.1, -0.05) is 11.6 Å². The first-order valence-electron chi connectivity index (χ1n) is 5.51. The number of hydrogen-bond donors (Lipinski definition) is 0. The third kappa shape index (κ3) is 2.70. The molecular formula is C12H15ClN2O2. The lowest BCUT2D eigenvalue weighted by Crippen LogP contribution is -2.19. The summed E-state index contributed by atoms with van der Waals surface area (Å²) in [5.74, 6) is -0.318. The van der Waals surface area contributed by atoms with Crippen LogP contribution in [0, 0.1) is 0 Å². The third-order valence-corrected chi connectivity index (χ3v) is 2.85. The first kappa shape index (κ1) is 12.2. The van der Waals surface area contributed by atoms with Gasteiger partial charge in [-0.2, -0.15) is 0 Å². The minimum atomic E-state index is -0.318. The molecule has 0 unspecified atom stereocenters. The molecule has 0 aliphatic heterocycles. The number of rotatable bonds is 4. The Bertz CT molecular complexity index is 571. The lowest BCUT2D eigenvalue weighted by atomic mass is 10.3. The molecule has 0 radical (unpaired) electrons. The quantitative estimate of drug-likeness (QED) is 0.840. The summed E-state index contributed by atoms with van der Waals surface area (Å²) in [6, 6.07) is 5.25. The molecule has 0 N–H and O–H groups in total. The molecule has 0 bridgehead atoms. The minimum absolute atomic E-state index is 0.318. The van der Waals surface area contributed by atoms with E-state index in [0.717, 1.165) is 18.5 Å². The van der Waals surface area contributed by atoms with Crippen molar-refractivity contribution in [3.8, 4) is 0 Å². The van der Waals surface area contributed by atoms with Crippen LogP contribution >= 0.6 is 11.6 Å². The number of benzene rings is 1. The van der Waals surface area contributed by atoms with Crippen molar-refractivity contribution in [3.05, 3.63) is 33.8 Å². The molecule has 0 amide bonds. The molecule has 0 atom stereocenters. The smallest absolute Gasteiger partial charge is 0.408 e. The zero-order valence-electron chi connectivity index (χ0n) is 9.94. The second-order valence-electron chi connectivity index (χ2n) is 4.29. The zero-order valence-corrected chi connectivity index (χ0v) is 10.7. The molecule has 5 heteroatoms. The second kappa shape index (κ2) is 4.94. The fraction of sp³-hybridized carbons (Fsp3) is 0.417. The van der Waals surface area contributed by atoms with Gasteiger partial charge in [-0.3, -0.25) is 4.57 Å². The zero-order chi connectivity index (χ0) is 12.4. The van der Waals surface area contributed by atoms with Gasteiger partial charge in [0.05, 0.1) is 5.52 Å². The fourth-order valence-electron chi connectivity index (χ4n) is 1.80. The maximum absolute atomic E-state index is 11.7. The summed E-state index contributed by atoms with van der Waals surface area (Å²) < 4.78 is 6.79. The first-order chi connectivity index (χ1) is 8.08. The molecule has 0 saturated carbocycles. The van der Waals surface area contributed by atoms with E-state index in [0.29, 0.717) is 17.2 Å². The van der Waals surface area contributed by atoms with Gasteiger partial charge in [0.1, 0.15) is 0 Å². The molecule has 1 aromatic carbocycles. The van der Waals surface area contributed by atoms with Crippen molar-refractivity contribution in [3.63, 3.8) is 0 Å². The molecule has 92 valence electrons. The third-order valence-electron chi connectivity index (χ3n) is 2.62. The molecule has 17 heavy (non-hydrogen) atoms. The van der Waals surface area contributed by atoms with Crippen molar-refractivity contribution >= 4 is 22.7 Å². The van der Waals surface area contributed by atoms with Crippen molar-refractivity contribution in [1.82, 2.24) is 9.47 Å². The van der Waals surface area contributed by atoms with Crippen molar-refractivity contribution in [2.75, 3.05) is 20.6 Å². The van der Waals surface area contributed by atoms with E-state index in [9.17, 15) is 4.79 Å². The van der Waals surface area contributed by atoms with Crippen LogP contribution in [0.25, 0.3) is 11.1 Å². The minimum Gasteiger partial charge on any atom is -0.408 e. The van der Waals surface area contributed by atoms with Gasteiger partial charge in [0, 0.05) is 17.6 Å². The van der Waals surface area contributed by atoms with Crippen molar-refractivity contribution in [2.45, 2.75) is 13.0 Å². The Kier molecular flexibility index (Phi) is 3.54. The Labute approximate surface area is 104 Å². The molecule has 2 aromatic rings. The van der Waals surface area contributed by atoms with Crippen LogP contribution in [0.5, 0.6) is 0 Å². The number of hydrogen-bond acceptors (Lipinski definition) is 3. The monoisotopic (exact) mass is 254 g/mol. The predicted octanol–water partition coefficient (Wildman–Crippen LogP) is 2.20. The van der Waals surface area contributed by atoms with E-state index < -0.39 is 0 Å². The summed E-state index contributed by atoms with van der Waals surface area (Å²) in [4.78, 5) is 13.8. The summed E-state index contributed by atoms with van der Waals surface area (Å²) in [7, 11) is 4.02. The number of nitrogens with zero attached hydrogens (tertiary/aromatic N) is 2. The molecule has 0 fully saturated rings. The van der Waals surface area contributed by atoms with Crippen LogP contribution in [-0.2, 0) is 6.54 Å². The highest BCUT2D eigenvalue weighted by molar-refractivity contribution is 6.31. The van der Waals surface area contributed by atoms with Gasteiger partial charge in [0.15, 0.2) is 5.58 Å². The van der Waals surface area contributed by atoms with Crippen molar-refractivity contribution in [2.24, 2.45) is 0 Å². The van der Waals surface area contributed by atoms with Gasteiger partial charge >= 0.3 is 5.76 Å². The van der Waals surface area contributed by atoms with E-state index in [1.54, 1.807) is 16.7 Å². The molecule has 4 nitrogen and oxygen atoms in total. The number of fused-ring (bicyclic) bond motifs is 1. The van der Waals surface area contributed by atoms with Crippen molar-refractivity contribution in [1.29, 1.82) is 0 Å². The van der Waals surface area contributed by atoms with Crippen LogP contribution in [0.4, 0.5) is 0 Å². The molecule has 0 saturated heterocycles. The molecule has 1 aromatic heterocycles. The van der Waals surface area contributed by atoms with E-state index in [4.69, 9.17) is 16.0 Å². The lowest BCUT2D eigenvalue weighted by molar-refractivity contribution is 0.381. The molecule has 0 aliphatic rings. The summed E-state index contributed by atoms with van der Waals surface area (Å²) in [5.41, 5.74) is 1.35. The normalized spacial score (nSPS) is 11.5. The predicted molar refractivity (Wildman–Crippen MR) is 68.7 cm³/mol. The number of aryl methyl sites for hydroxylation is 1. The Balaban J connectivity index is 2.27. The van der Waals surface area contributed by atoms with Gasteiger partial charge < -0.3 is 9.32 Å². The van der Waals surface area contributed by atoms with E-state index >= 15 is 0 Å². The lowest BCUT2D eigenvalue weighted by Gasteiger charge is -2.08. The molecular weight excluding hydrogens is 240 g/mol. The summed E-state index contributed by atoms with van der Waals surface area (Å²) >= 11 is 5.85. The van der Waals surface area contributed by atoms with Gasteiger partial charge in [-0.05, 0) is 39.2 Å². The van der Waals surface area contributed by atoms with Gasteiger partial charge in [0.2, 0.25) is 0 Å². The summed E-state index contributed by atoms with van der Waals surface area (Å²) in [6.07, 6.45) is 0.907. The summed E-state index contributed by atoms with van der Waals surface area (Å²) in [5, 5.41) is 0.576. The number of aromatic nitrogens is 1. The van der Waals surface area contributed by atoms with Gasteiger partial charge in [0.25, 0.3) is 0 Å². The van der Waals surface area contributed by atoms with E-state index in [1.807, 2.05) is 20.2 Å². The maximum atomic E-state index is 11.7. The van der Waals surface area contributed by atoms with Gasteiger partial charge in [-0.15, -0.1) is 0 Å². The number of oxazole rings is 1. The Hall–Kier alpha value is -1.26. The average molecular weight is 255 g/mol. The Morgan fingerprint density at radius 3 is 2.88 bits per heavy atom. The highest BCUT2D eigenvalue weighted by Gasteiger charge is 2.08. The van der Waals surface area contributed by atoms with Crippen LogP contribution < -0.4 is 5.76 Å². The second-order valence-corrected chi connectivity index (χ2v) is 4.72. The van der Waals surface area contributed by atoms with Crippen LogP contribution in [0.1, 0.15) is 6.42 Å². The largest absolute Gasteiger partial charge is 0.419 e. The fourth-order valence-corrected chi connectivity index (χ4v) is 1.96. The number of halogens is 1. The van der Waals surface area contributed by atoms with Crippen LogP contribution in [0.3, 0.4) is 0 Å². The standard InChI is InChI=1S/C12H15ClN2O2/c1-14(2)6-3-7-15-10-5-4-9(13)8-11(10)17-12(15)16/h4-5,8H,3,6-7H2,1-2H3. The van der Waals surface area contributed by atoms with Gasteiger partial charge in [-0.25, -0.2) is 4.79 Å². The molecule has 0 spiro atoms. The first-order valence-corrected chi connectivity index (χ1v) is 5.89. The molecule has 2 rings (SSSR count). The SMILES string of the molecule is CN(C)CCCn1c(=O)oc2cc(Cl)ccc21. The van der Waals surface area contributed by atoms with E-state index in [-0.39, 0.29) is 5.76 Å². The van der Waals surface area contributed by atoms with E-state index in [1.165, 1.54) is 0 Å². The summed E-state index contributed by atoms with van der Waals surface area (Å²) in [6.45, 7) is 1.60. The highest BCUT2D eigenvalue weighted by Crippen LogP contribution is 2.18. The van der Waals surface area contributed by atoms with Crippen LogP contribution in [0.15, 0.2) is 27.4 Å². The van der Waals surface area contributed by atoms with Crippen LogP contribution in [0.2, 0.25) is 5.02 Å². The topological polar surface area (TPSA) is 38.4 Å². The average Bonchev–Trinajstić information content (AvgIpc) is 2.54. The molecule has 0 aliphatic carbocycles. The van der Waals surface area contributed by atoms with E-state index in [2.05, 4.69) is 4.90 Å². The van der Waals surface area contributed by atoms with Crippen LogP contribution in [-0.4, -0.2) is 30.1 Å². The van der Waals surface area contributed by atoms with Crippen molar-refractivity contribution < 1.29 is 4.42 Å². The highest BCUT2D eigenvalue weighted by atomic mass is 35.5. The molecule has 1 heterocycles. The Morgan fingerprint density at radius 2 is 2.18 bits per heavy atom. The Morgan fingerprint density at radius 1 is 1.41 bits per heavy atom.